The fourth-order valence-electron chi connectivity index (χ4n) is 0.999. The van der Waals surface area contributed by atoms with Crippen LogP contribution in [-0.4, -0.2) is 43.0 Å². The van der Waals surface area contributed by atoms with Crippen molar-refractivity contribution in [3.05, 3.63) is 6.92 Å². The molecule has 1 heterocycles. The lowest BCUT2D eigenvalue weighted by Gasteiger charge is -2.14. The highest BCUT2D eigenvalue weighted by molar-refractivity contribution is 5.60. The van der Waals surface area contributed by atoms with Gasteiger partial charge in [0.25, 0.3) is 0 Å². The third-order valence-electron chi connectivity index (χ3n) is 1.67. The first-order valence-electron chi connectivity index (χ1n) is 3.61. The highest BCUT2D eigenvalue weighted by Crippen LogP contribution is 2.24. The first kappa shape index (κ1) is 10.2. The number of carbonyl (C=O) groups is 1. The fourth-order valence-corrected chi connectivity index (χ4v) is 0.999. The molecule has 1 aliphatic heterocycles. The lowest BCUT2D eigenvalue weighted by molar-refractivity contribution is -0.103. The quantitative estimate of drug-likeness (QED) is 0.595. The Morgan fingerprint density at radius 3 is 2.69 bits per heavy atom. The highest BCUT2D eigenvalue weighted by atomic mass is 19.1. The third-order valence-corrected chi connectivity index (χ3v) is 1.67. The molecule has 1 rings (SSSR count). The van der Waals surface area contributed by atoms with E-state index in [2.05, 4.69) is 21.1 Å². The molecule has 1 radical (unpaired) electrons. The summed E-state index contributed by atoms with van der Waals surface area (Å²) < 4.78 is 26.2. The van der Waals surface area contributed by atoms with Crippen LogP contribution >= 0.6 is 0 Å². The molecule has 1 fully saturated rings. The van der Waals surface area contributed by atoms with Crippen molar-refractivity contribution in [2.45, 2.75) is 24.7 Å². The predicted octanol–water partition coefficient (Wildman–Crippen LogP) is 0.0274. The maximum absolute atomic E-state index is 13.0. The van der Waals surface area contributed by atoms with Crippen LogP contribution in [0.3, 0.4) is 0 Å². The number of aliphatic hydroxyl groups is 1. The number of methoxy groups -OCH3 is 1. The van der Waals surface area contributed by atoms with E-state index in [-0.39, 0.29) is 0 Å². The Bertz CT molecular complexity index is 197. The summed E-state index contributed by atoms with van der Waals surface area (Å²) in [6.45, 7) is 3.35. The zero-order valence-corrected chi connectivity index (χ0v) is 6.97. The van der Waals surface area contributed by atoms with Crippen LogP contribution in [0.1, 0.15) is 0 Å². The number of aliphatic hydroxyl groups excluding tert-OH is 1. The lowest BCUT2D eigenvalue weighted by atomic mass is 10.2. The SMILES string of the molecule is [CH2][C@H]1OC(O)[C@@H](F)[C@@H]1OC(=O)OC. The van der Waals surface area contributed by atoms with Gasteiger partial charge in [-0.1, -0.05) is 0 Å². The Hall–Kier alpha value is -0.880. The minimum absolute atomic E-state index is 0.927. The summed E-state index contributed by atoms with van der Waals surface area (Å²) in [6.07, 6.45) is -6.57. The van der Waals surface area contributed by atoms with Gasteiger partial charge in [0.15, 0.2) is 18.6 Å². The number of alkyl halides is 1. The zero-order valence-electron chi connectivity index (χ0n) is 6.97. The third kappa shape index (κ3) is 2.07. The van der Waals surface area contributed by atoms with Gasteiger partial charge in [-0.25, -0.2) is 9.18 Å². The Morgan fingerprint density at radius 1 is 1.69 bits per heavy atom. The zero-order chi connectivity index (χ0) is 10.0. The monoisotopic (exact) mass is 193 g/mol. The Morgan fingerprint density at radius 2 is 2.31 bits per heavy atom. The maximum Gasteiger partial charge on any atom is 0.508 e. The molecule has 1 aliphatic rings. The van der Waals surface area contributed by atoms with Gasteiger partial charge >= 0.3 is 6.16 Å². The van der Waals surface area contributed by atoms with E-state index in [1.165, 1.54) is 0 Å². The van der Waals surface area contributed by atoms with E-state index in [9.17, 15) is 9.18 Å². The van der Waals surface area contributed by atoms with Crippen molar-refractivity contribution in [2.75, 3.05) is 7.11 Å². The number of ether oxygens (including phenoxy) is 3. The number of rotatable bonds is 1. The molecule has 1 saturated heterocycles. The van der Waals surface area contributed by atoms with E-state index in [0.717, 1.165) is 7.11 Å². The van der Waals surface area contributed by atoms with Gasteiger partial charge in [0.05, 0.1) is 7.11 Å². The summed E-state index contributed by atoms with van der Waals surface area (Å²) in [6, 6.07) is 0. The average molecular weight is 193 g/mol. The molecule has 0 aromatic heterocycles. The van der Waals surface area contributed by atoms with E-state index in [4.69, 9.17) is 5.11 Å². The summed E-state index contributed by atoms with van der Waals surface area (Å²) >= 11 is 0. The van der Waals surface area contributed by atoms with Crippen LogP contribution in [0.4, 0.5) is 9.18 Å². The molecule has 0 saturated carbocycles. The van der Waals surface area contributed by atoms with Crippen LogP contribution in [0.25, 0.3) is 0 Å². The fraction of sp³-hybridized carbons (Fsp3) is 0.714. The van der Waals surface area contributed by atoms with Crippen molar-refractivity contribution in [2.24, 2.45) is 0 Å². The molecule has 1 N–H and O–H groups in total. The highest BCUT2D eigenvalue weighted by Gasteiger charge is 2.45. The molecule has 1 unspecified atom stereocenters. The van der Waals surface area contributed by atoms with E-state index >= 15 is 0 Å². The summed E-state index contributed by atoms with van der Waals surface area (Å²) in [5.41, 5.74) is 0. The van der Waals surface area contributed by atoms with Crippen molar-refractivity contribution in [3.63, 3.8) is 0 Å². The number of halogens is 1. The van der Waals surface area contributed by atoms with Gasteiger partial charge in [0, 0.05) is 0 Å². The molecule has 0 bridgehead atoms. The van der Waals surface area contributed by atoms with Gasteiger partial charge < -0.3 is 19.3 Å². The Labute approximate surface area is 74.4 Å². The normalized spacial score (nSPS) is 38.8. The Kier molecular flexibility index (Phi) is 3.05. The standard InChI is InChI=1S/C7H10FO5/c1-3-5(13-7(10)11-2)4(8)6(9)12-3/h3-6,9H,1H2,2H3/t3-,4+,5-,6?/m1/s1. The van der Waals surface area contributed by atoms with E-state index in [0.29, 0.717) is 0 Å². The molecule has 0 spiro atoms. The van der Waals surface area contributed by atoms with Crippen molar-refractivity contribution in [3.8, 4) is 0 Å². The van der Waals surface area contributed by atoms with Crippen LogP contribution in [-0.2, 0) is 14.2 Å². The van der Waals surface area contributed by atoms with Gasteiger partial charge in [0.2, 0.25) is 0 Å². The van der Waals surface area contributed by atoms with Gasteiger partial charge in [-0.05, 0) is 6.92 Å². The summed E-state index contributed by atoms with van der Waals surface area (Å²) in [5, 5.41) is 8.85. The van der Waals surface area contributed by atoms with E-state index in [1.54, 1.807) is 0 Å². The van der Waals surface area contributed by atoms with Crippen LogP contribution in [0, 0.1) is 6.92 Å². The maximum atomic E-state index is 13.0. The van der Waals surface area contributed by atoms with Gasteiger partial charge in [-0.2, -0.15) is 0 Å². The van der Waals surface area contributed by atoms with Gasteiger partial charge in [-0.3, -0.25) is 0 Å². The van der Waals surface area contributed by atoms with Crippen molar-refractivity contribution < 1.29 is 28.5 Å². The molecule has 0 aliphatic carbocycles. The summed E-state index contributed by atoms with van der Waals surface area (Å²) in [7, 11) is 1.10. The molecular weight excluding hydrogens is 183 g/mol. The minimum Gasteiger partial charge on any atom is -0.438 e. The minimum atomic E-state index is -1.79. The number of carbonyl (C=O) groups excluding carboxylic acids is 1. The van der Waals surface area contributed by atoms with Crippen LogP contribution < -0.4 is 0 Å². The summed E-state index contributed by atoms with van der Waals surface area (Å²) in [5.74, 6) is 0. The molecule has 5 nitrogen and oxygen atoms in total. The molecular formula is C7H10FO5. The van der Waals surface area contributed by atoms with Crippen molar-refractivity contribution in [1.82, 2.24) is 0 Å². The second-order valence-corrected chi connectivity index (χ2v) is 2.55. The number of hydrogen-bond donors (Lipinski definition) is 1. The Balaban J connectivity index is 2.53. The first-order valence-corrected chi connectivity index (χ1v) is 3.61. The van der Waals surface area contributed by atoms with Crippen molar-refractivity contribution in [1.29, 1.82) is 0 Å². The average Bonchev–Trinajstić information content (AvgIpc) is 2.32. The molecule has 6 heteroatoms. The topological polar surface area (TPSA) is 65.0 Å². The second kappa shape index (κ2) is 3.89. The molecule has 0 aromatic carbocycles. The molecule has 4 atom stereocenters. The van der Waals surface area contributed by atoms with Crippen LogP contribution in [0.2, 0.25) is 0 Å². The second-order valence-electron chi connectivity index (χ2n) is 2.55. The molecule has 75 valence electrons. The predicted molar refractivity (Wildman–Crippen MR) is 38.4 cm³/mol. The van der Waals surface area contributed by atoms with E-state index < -0.39 is 30.8 Å². The largest absolute Gasteiger partial charge is 0.508 e. The smallest absolute Gasteiger partial charge is 0.438 e. The number of hydrogen-bond acceptors (Lipinski definition) is 5. The van der Waals surface area contributed by atoms with Gasteiger partial charge in [-0.15, -0.1) is 0 Å². The van der Waals surface area contributed by atoms with Crippen LogP contribution in [0.15, 0.2) is 0 Å². The lowest BCUT2D eigenvalue weighted by Crippen LogP contribution is -2.33. The van der Waals surface area contributed by atoms with Gasteiger partial charge in [0.1, 0.15) is 6.10 Å². The molecule has 13 heavy (non-hydrogen) atoms. The van der Waals surface area contributed by atoms with Crippen molar-refractivity contribution >= 4 is 6.16 Å². The van der Waals surface area contributed by atoms with E-state index in [1.807, 2.05) is 0 Å². The molecule has 0 amide bonds. The first-order chi connectivity index (χ1) is 6.06. The van der Waals surface area contributed by atoms with Crippen LogP contribution in [0.5, 0.6) is 0 Å². The summed E-state index contributed by atoms with van der Waals surface area (Å²) in [4.78, 5) is 10.6. The molecule has 0 aromatic rings.